The van der Waals surface area contributed by atoms with E-state index in [0.29, 0.717) is 23.6 Å². The summed E-state index contributed by atoms with van der Waals surface area (Å²) in [6.07, 6.45) is 1.31. The van der Waals surface area contributed by atoms with Gasteiger partial charge in [0.15, 0.2) is 18.1 Å². The number of amides is 5. The minimum Gasteiger partial charge on any atom is -0.490 e. The van der Waals surface area contributed by atoms with Crippen LogP contribution in [-0.4, -0.2) is 37.0 Å². The van der Waals surface area contributed by atoms with Crippen LogP contribution in [0.15, 0.2) is 90.5 Å². The number of benzene rings is 4. The topological polar surface area (TPSA) is 123 Å². The van der Waals surface area contributed by atoms with Crippen LogP contribution in [0.4, 0.5) is 16.2 Å². The molecule has 0 unspecified atom stereocenters. The number of hydrogen-bond acceptors (Lipinski definition) is 7. The molecule has 1 fully saturated rings. The van der Waals surface area contributed by atoms with E-state index in [0.717, 1.165) is 21.6 Å². The second-order valence-electron chi connectivity index (χ2n) is 10.6. The number of carbonyl (C=O) groups is 4. The van der Waals surface area contributed by atoms with Gasteiger partial charge < -0.3 is 19.5 Å². The van der Waals surface area contributed by atoms with Crippen molar-refractivity contribution in [1.82, 2.24) is 5.32 Å². The summed E-state index contributed by atoms with van der Waals surface area (Å²) >= 11 is 6.55. The highest BCUT2D eigenvalue weighted by Gasteiger charge is 2.37. The van der Waals surface area contributed by atoms with Gasteiger partial charge in [0.1, 0.15) is 17.9 Å². The van der Waals surface area contributed by atoms with Crippen LogP contribution in [0.25, 0.3) is 6.08 Å². The maximum atomic E-state index is 13.5. The molecule has 0 saturated carbocycles. The number of aryl methyl sites for hydroxylation is 2. The van der Waals surface area contributed by atoms with Crippen molar-refractivity contribution < 1.29 is 33.4 Å². The number of halogens is 1. The predicted octanol–water partition coefficient (Wildman–Crippen LogP) is 6.62. The molecule has 47 heavy (non-hydrogen) atoms. The van der Waals surface area contributed by atoms with Gasteiger partial charge in [0.2, 0.25) is 0 Å². The van der Waals surface area contributed by atoms with Crippen molar-refractivity contribution >= 4 is 52.8 Å². The van der Waals surface area contributed by atoms with Crippen molar-refractivity contribution in [1.29, 1.82) is 0 Å². The Hall–Kier alpha value is -5.61. The first-order valence-corrected chi connectivity index (χ1v) is 15.1. The number of nitrogens with one attached hydrogen (secondary N) is 2. The van der Waals surface area contributed by atoms with E-state index in [1.807, 2.05) is 62.4 Å². The van der Waals surface area contributed by atoms with Crippen molar-refractivity contribution in [2.75, 3.05) is 23.4 Å². The summed E-state index contributed by atoms with van der Waals surface area (Å²) in [5, 5.41) is 5.12. The fourth-order valence-corrected chi connectivity index (χ4v) is 5.03. The van der Waals surface area contributed by atoms with Crippen LogP contribution in [0.3, 0.4) is 0 Å². The highest BCUT2D eigenvalue weighted by molar-refractivity contribution is 6.39. The zero-order valence-corrected chi connectivity index (χ0v) is 26.7. The molecule has 11 heteroatoms. The summed E-state index contributed by atoms with van der Waals surface area (Å²) in [6, 6.07) is 23.8. The number of nitrogens with zero attached hydrogens (tertiary/aromatic N) is 1. The summed E-state index contributed by atoms with van der Waals surface area (Å²) in [7, 11) is 0. The molecule has 0 bridgehead atoms. The second kappa shape index (κ2) is 14.7. The van der Waals surface area contributed by atoms with Crippen LogP contribution in [0.2, 0.25) is 5.02 Å². The summed E-state index contributed by atoms with van der Waals surface area (Å²) in [6.45, 7) is 5.82. The van der Waals surface area contributed by atoms with Crippen LogP contribution < -0.4 is 29.7 Å². The number of imide groups is 2. The Bertz CT molecular complexity index is 1860. The zero-order chi connectivity index (χ0) is 33.5. The van der Waals surface area contributed by atoms with E-state index in [4.69, 9.17) is 25.8 Å². The lowest BCUT2D eigenvalue weighted by Crippen LogP contribution is -2.54. The van der Waals surface area contributed by atoms with Gasteiger partial charge in [-0.15, -0.1) is 0 Å². The molecule has 0 aromatic heterocycles. The highest BCUT2D eigenvalue weighted by atomic mass is 35.5. The molecule has 4 aromatic carbocycles. The van der Waals surface area contributed by atoms with E-state index in [9.17, 15) is 19.2 Å². The van der Waals surface area contributed by atoms with Gasteiger partial charge in [-0.1, -0.05) is 54.1 Å². The lowest BCUT2D eigenvalue weighted by atomic mass is 10.1. The number of anilines is 2. The molecule has 1 aliphatic rings. The minimum atomic E-state index is -0.883. The fourth-order valence-electron chi connectivity index (χ4n) is 4.76. The molecule has 5 rings (SSSR count). The summed E-state index contributed by atoms with van der Waals surface area (Å²) in [4.78, 5) is 52.6. The van der Waals surface area contributed by atoms with Gasteiger partial charge >= 0.3 is 6.03 Å². The lowest BCUT2D eigenvalue weighted by Gasteiger charge is -2.26. The van der Waals surface area contributed by atoms with Crippen molar-refractivity contribution in [3.63, 3.8) is 0 Å². The first kappa shape index (κ1) is 32.8. The first-order chi connectivity index (χ1) is 22.6. The van der Waals surface area contributed by atoms with Crippen molar-refractivity contribution in [2.45, 2.75) is 27.4 Å². The Balaban J connectivity index is 1.32. The van der Waals surface area contributed by atoms with Gasteiger partial charge in [0, 0.05) is 5.69 Å². The predicted molar refractivity (Wildman–Crippen MR) is 179 cm³/mol. The zero-order valence-electron chi connectivity index (χ0n) is 26.0. The Morgan fingerprint density at radius 2 is 1.66 bits per heavy atom. The third-order valence-electron chi connectivity index (χ3n) is 7.10. The Morgan fingerprint density at radius 3 is 2.38 bits per heavy atom. The van der Waals surface area contributed by atoms with Gasteiger partial charge in [0.05, 0.1) is 17.3 Å². The molecule has 5 amide bonds. The fraction of sp³-hybridized carbons (Fsp3) is 0.167. The molecule has 2 N–H and O–H groups in total. The normalized spacial score (nSPS) is 13.7. The van der Waals surface area contributed by atoms with Crippen LogP contribution in [0, 0.1) is 13.8 Å². The minimum absolute atomic E-state index is 0.0880. The van der Waals surface area contributed by atoms with Crippen LogP contribution >= 0.6 is 11.6 Å². The van der Waals surface area contributed by atoms with E-state index >= 15 is 0 Å². The molecular formula is C36H32ClN3O7. The monoisotopic (exact) mass is 653 g/mol. The van der Waals surface area contributed by atoms with Gasteiger partial charge in [-0.05, 0) is 91.6 Å². The summed E-state index contributed by atoms with van der Waals surface area (Å²) in [5.74, 6) is -1.22. The number of carbonyl (C=O) groups excluding carboxylic acids is 4. The van der Waals surface area contributed by atoms with Gasteiger partial charge in [-0.2, -0.15) is 0 Å². The molecule has 240 valence electrons. The molecule has 1 heterocycles. The smallest absolute Gasteiger partial charge is 0.335 e. The molecule has 10 nitrogen and oxygen atoms in total. The molecule has 1 aliphatic heterocycles. The molecule has 1 saturated heterocycles. The second-order valence-corrected chi connectivity index (χ2v) is 11.1. The SMILES string of the molecule is CCOc1cc(/C=C2/C(=O)NC(=O)N(c3ccc(OCc4ccccc4)cc3)C2=O)cc(Cl)c1OCC(=O)Nc1cc(C)ccc1C. The maximum Gasteiger partial charge on any atom is 0.335 e. The van der Waals surface area contributed by atoms with Crippen molar-refractivity contribution in [2.24, 2.45) is 0 Å². The van der Waals surface area contributed by atoms with Crippen LogP contribution in [-0.2, 0) is 21.0 Å². The molecular weight excluding hydrogens is 622 g/mol. The Kier molecular flexibility index (Phi) is 10.2. The van der Waals surface area contributed by atoms with Gasteiger partial charge in [-0.3, -0.25) is 19.7 Å². The van der Waals surface area contributed by atoms with Gasteiger partial charge in [-0.25, -0.2) is 9.69 Å². The Labute approximate surface area is 276 Å². The number of barbiturate groups is 1. The van der Waals surface area contributed by atoms with Crippen molar-refractivity contribution in [3.8, 4) is 17.2 Å². The van der Waals surface area contributed by atoms with E-state index in [1.165, 1.54) is 18.2 Å². The first-order valence-electron chi connectivity index (χ1n) is 14.8. The third-order valence-corrected chi connectivity index (χ3v) is 7.38. The standard InChI is InChI=1S/C36H32ClN3O7/c1-4-45-31-19-25(18-29(37)33(31)47-21-32(41)38-30-16-22(2)10-11-23(30)3)17-28-34(42)39-36(44)40(35(28)43)26-12-14-27(15-13-26)46-20-24-8-6-5-7-9-24/h5-19H,4,20-21H2,1-3H3,(H,38,41)(H,39,42,44)/b28-17-. The molecule has 0 spiro atoms. The molecule has 0 radical (unpaired) electrons. The van der Waals surface area contributed by atoms with E-state index in [1.54, 1.807) is 31.2 Å². The van der Waals surface area contributed by atoms with Gasteiger partial charge in [0.25, 0.3) is 17.7 Å². The summed E-state index contributed by atoms with van der Waals surface area (Å²) in [5.41, 5.74) is 3.85. The van der Waals surface area contributed by atoms with E-state index < -0.39 is 23.8 Å². The molecule has 4 aromatic rings. The quantitative estimate of drug-likeness (QED) is 0.138. The lowest BCUT2D eigenvalue weighted by molar-refractivity contribution is -0.122. The highest BCUT2D eigenvalue weighted by Crippen LogP contribution is 2.38. The number of urea groups is 1. The third kappa shape index (κ3) is 7.98. The number of rotatable bonds is 11. The molecule has 0 atom stereocenters. The van der Waals surface area contributed by atoms with Crippen molar-refractivity contribution in [3.05, 3.63) is 118 Å². The van der Waals surface area contributed by atoms with E-state index in [-0.39, 0.29) is 41.0 Å². The van der Waals surface area contributed by atoms with Crippen LogP contribution in [0.5, 0.6) is 17.2 Å². The molecule has 0 aliphatic carbocycles. The number of hydrogen-bond donors (Lipinski definition) is 2. The Morgan fingerprint density at radius 1 is 0.915 bits per heavy atom. The van der Waals surface area contributed by atoms with E-state index in [2.05, 4.69) is 10.6 Å². The average molecular weight is 654 g/mol. The van der Waals surface area contributed by atoms with Crippen LogP contribution in [0.1, 0.15) is 29.2 Å². The largest absolute Gasteiger partial charge is 0.490 e. The summed E-state index contributed by atoms with van der Waals surface area (Å²) < 4.78 is 17.3. The maximum absolute atomic E-state index is 13.5. The average Bonchev–Trinajstić information content (AvgIpc) is 3.04. The number of ether oxygens (including phenoxy) is 3.